The average molecular weight is 300 g/mol. The van der Waals surface area contributed by atoms with Crippen LogP contribution in [0.4, 0.5) is 0 Å². The number of rotatable bonds is 5. The lowest BCUT2D eigenvalue weighted by atomic mass is 9.81. The third kappa shape index (κ3) is 3.37. The van der Waals surface area contributed by atoms with Gasteiger partial charge in [-0.15, -0.1) is 0 Å². The Morgan fingerprint density at radius 1 is 1.15 bits per heavy atom. The van der Waals surface area contributed by atoms with Crippen molar-refractivity contribution in [1.82, 2.24) is 0 Å². The second-order valence-corrected chi connectivity index (χ2v) is 7.78. The molecule has 0 radical (unpaired) electrons. The van der Waals surface area contributed by atoms with Crippen LogP contribution in [0.1, 0.15) is 38.1 Å². The summed E-state index contributed by atoms with van der Waals surface area (Å²) in [7, 11) is -4.26. The third-order valence-electron chi connectivity index (χ3n) is 3.85. The Morgan fingerprint density at radius 2 is 1.65 bits per heavy atom. The van der Waals surface area contributed by atoms with E-state index in [0.717, 1.165) is 0 Å². The van der Waals surface area contributed by atoms with E-state index in [2.05, 4.69) is 0 Å². The number of ether oxygens (including phenoxy) is 1. The molecule has 0 aliphatic heterocycles. The zero-order chi connectivity index (χ0) is 15.6. The van der Waals surface area contributed by atoms with Gasteiger partial charge in [0.25, 0.3) is 10.1 Å². The van der Waals surface area contributed by atoms with Crippen molar-refractivity contribution in [2.75, 3.05) is 6.61 Å². The summed E-state index contributed by atoms with van der Waals surface area (Å²) < 4.78 is 35.9. The van der Waals surface area contributed by atoms with Crippen LogP contribution in [-0.4, -0.2) is 30.3 Å². The molecule has 5 nitrogen and oxygen atoms in total. The molecular weight excluding hydrogens is 280 g/mol. The minimum Gasteiger partial charge on any atom is -0.461 e. The van der Waals surface area contributed by atoms with Crippen molar-refractivity contribution in [2.24, 2.45) is 5.41 Å². The summed E-state index contributed by atoms with van der Waals surface area (Å²) in [6.45, 7) is 5.93. The summed E-state index contributed by atoms with van der Waals surface area (Å²) >= 11 is 0. The lowest BCUT2D eigenvalue weighted by molar-refractivity contribution is 0.0276. The van der Waals surface area contributed by atoms with Gasteiger partial charge in [0.05, 0.1) is 12.2 Å². The number of hydrogen-bond acceptors (Lipinski definition) is 4. The number of carbonyl (C=O) groups excluding carboxylic acids is 1. The molecule has 0 amide bonds. The van der Waals surface area contributed by atoms with Crippen LogP contribution >= 0.6 is 0 Å². The molecule has 1 aromatic rings. The van der Waals surface area contributed by atoms with Gasteiger partial charge in [-0.1, -0.05) is 32.0 Å². The summed E-state index contributed by atoms with van der Waals surface area (Å²) in [5, 5.41) is 0. The second-order valence-electron chi connectivity index (χ2n) is 5.81. The summed E-state index contributed by atoms with van der Waals surface area (Å²) in [4.78, 5) is 11.8. The van der Waals surface area contributed by atoms with E-state index in [1.54, 1.807) is 44.2 Å². The van der Waals surface area contributed by atoms with Crippen molar-refractivity contribution in [3.8, 4) is 0 Å². The molecule has 1 aromatic carbocycles. The molecule has 0 fully saturated rings. The summed E-state index contributed by atoms with van der Waals surface area (Å²) in [6.07, 6.45) is 0. The molecule has 0 heterocycles. The van der Waals surface area contributed by atoms with E-state index in [4.69, 9.17) is 4.74 Å². The molecule has 0 bridgehead atoms. The van der Waals surface area contributed by atoms with Crippen molar-refractivity contribution in [1.29, 1.82) is 0 Å². The highest BCUT2D eigenvalue weighted by Crippen LogP contribution is 2.37. The molecule has 1 N–H and O–H groups in total. The van der Waals surface area contributed by atoms with Gasteiger partial charge in [-0.2, -0.15) is 8.42 Å². The number of hydrogen-bond donors (Lipinski definition) is 1. The van der Waals surface area contributed by atoms with Crippen LogP contribution in [-0.2, 0) is 14.9 Å². The first-order chi connectivity index (χ1) is 8.99. The third-order valence-corrected chi connectivity index (χ3v) is 5.69. The van der Waals surface area contributed by atoms with Gasteiger partial charge in [-0.05, 0) is 26.0 Å². The molecule has 6 heteroatoms. The van der Waals surface area contributed by atoms with Gasteiger partial charge in [0.15, 0.2) is 0 Å². The molecule has 0 saturated heterocycles. The standard InChI is InChI=1S/C14H20O5S/c1-13(2,14(3,4)20(16,17)18)10-19-12(15)11-8-6-5-7-9-11/h5-9H,10H2,1-4H3,(H,16,17,18). The van der Waals surface area contributed by atoms with Crippen LogP contribution in [0.2, 0.25) is 0 Å². The quantitative estimate of drug-likeness (QED) is 0.667. The van der Waals surface area contributed by atoms with Crippen molar-refractivity contribution in [3.63, 3.8) is 0 Å². The highest BCUT2D eigenvalue weighted by molar-refractivity contribution is 7.87. The fourth-order valence-electron chi connectivity index (χ4n) is 1.43. The summed E-state index contributed by atoms with van der Waals surface area (Å²) in [6, 6.07) is 8.43. The number of benzene rings is 1. The molecule has 0 aromatic heterocycles. The smallest absolute Gasteiger partial charge is 0.338 e. The predicted molar refractivity (Wildman–Crippen MR) is 76.1 cm³/mol. The normalized spacial score (nSPS) is 13.1. The van der Waals surface area contributed by atoms with Crippen molar-refractivity contribution < 1.29 is 22.5 Å². The maximum atomic E-state index is 11.8. The molecule has 0 aliphatic rings. The molecule has 0 saturated carbocycles. The van der Waals surface area contributed by atoms with Gasteiger partial charge >= 0.3 is 5.97 Å². The minimum absolute atomic E-state index is 0.118. The Hall–Kier alpha value is -1.40. The van der Waals surface area contributed by atoms with Crippen molar-refractivity contribution in [3.05, 3.63) is 35.9 Å². The van der Waals surface area contributed by atoms with E-state index in [9.17, 15) is 17.8 Å². The van der Waals surface area contributed by atoms with Gasteiger partial charge in [0, 0.05) is 5.41 Å². The molecule has 112 valence electrons. The summed E-state index contributed by atoms with van der Waals surface area (Å²) in [5.74, 6) is -0.523. The van der Waals surface area contributed by atoms with E-state index >= 15 is 0 Å². The first kappa shape index (κ1) is 16.7. The lowest BCUT2D eigenvalue weighted by Gasteiger charge is -2.38. The molecule has 0 atom stereocenters. The van der Waals surface area contributed by atoms with Gasteiger partial charge in [-0.3, -0.25) is 4.55 Å². The monoisotopic (exact) mass is 300 g/mol. The molecule has 1 rings (SSSR count). The first-order valence-electron chi connectivity index (χ1n) is 6.18. The SMILES string of the molecule is CC(C)(COC(=O)c1ccccc1)C(C)(C)S(=O)(=O)O. The Labute approximate surface area is 119 Å². The van der Waals surface area contributed by atoms with E-state index in [1.165, 1.54) is 13.8 Å². The average Bonchev–Trinajstić information content (AvgIpc) is 2.35. The van der Waals surface area contributed by atoms with E-state index in [1.807, 2.05) is 0 Å². The predicted octanol–water partition coefficient (Wildman–Crippen LogP) is 2.54. The van der Waals surface area contributed by atoms with Crippen LogP contribution < -0.4 is 0 Å². The van der Waals surface area contributed by atoms with Crippen LogP contribution in [0, 0.1) is 5.41 Å². The van der Waals surface area contributed by atoms with Gasteiger partial charge in [0.1, 0.15) is 4.75 Å². The van der Waals surface area contributed by atoms with E-state index in [0.29, 0.717) is 5.56 Å². The number of carbonyl (C=O) groups is 1. The van der Waals surface area contributed by atoms with Gasteiger partial charge < -0.3 is 4.74 Å². The highest BCUT2D eigenvalue weighted by Gasteiger charge is 2.47. The maximum absolute atomic E-state index is 11.8. The first-order valence-corrected chi connectivity index (χ1v) is 7.62. The van der Waals surface area contributed by atoms with E-state index in [-0.39, 0.29) is 6.61 Å². The maximum Gasteiger partial charge on any atom is 0.338 e. The Kier molecular flexibility index (Phi) is 4.61. The summed E-state index contributed by atoms with van der Waals surface area (Å²) in [5.41, 5.74) is -0.543. The Morgan fingerprint density at radius 3 is 2.10 bits per heavy atom. The molecule has 0 unspecified atom stereocenters. The van der Waals surface area contributed by atoms with Crippen LogP contribution in [0.25, 0.3) is 0 Å². The molecule has 20 heavy (non-hydrogen) atoms. The van der Waals surface area contributed by atoms with E-state index < -0.39 is 26.2 Å². The zero-order valence-electron chi connectivity index (χ0n) is 12.1. The lowest BCUT2D eigenvalue weighted by Crippen LogP contribution is -2.48. The largest absolute Gasteiger partial charge is 0.461 e. The fourth-order valence-corrected chi connectivity index (χ4v) is 2.18. The fraction of sp³-hybridized carbons (Fsp3) is 0.500. The van der Waals surface area contributed by atoms with Crippen LogP contribution in [0.3, 0.4) is 0 Å². The Balaban J connectivity index is 2.81. The minimum atomic E-state index is -4.26. The van der Waals surface area contributed by atoms with Crippen LogP contribution in [0.15, 0.2) is 30.3 Å². The van der Waals surface area contributed by atoms with Crippen LogP contribution in [0.5, 0.6) is 0 Å². The zero-order valence-corrected chi connectivity index (χ0v) is 12.9. The van der Waals surface area contributed by atoms with Crippen molar-refractivity contribution >= 4 is 16.1 Å². The van der Waals surface area contributed by atoms with Crippen molar-refractivity contribution in [2.45, 2.75) is 32.4 Å². The highest BCUT2D eigenvalue weighted by atomic mass is 32.2. The second kappa shape index (κ2) is 5.54. The van der Waals surface area contributed by atoms with Gasteiger partial charge in [0.2, 0.25) is 0 Å². The Bertz CT molecular complexity index is 573. The van der Waals surface area contributed by atoms with Gasteiger partial charge in [-0.25, -0.2) is 4.79 Å². The topological polar surface area (TPSA) is 80.7 Å². The molecular formula is C14H20O5S. The molecule has 0 aliphatic carbocycles. The molecule has 0 spiro atoms. The number of esters is 1.